The van der Waals surface area contributed by atoms with Crippen LogP contribution in [-0.2, 0) is 6.42 Å². The summed E-state index contributed by atoms with van der Waals surface area (Å²) in [5.74, 6) is 0. The lowest BCUT2D eigenvalue weighted by atomic mass is 9.94. The number of hydrogen-bond donors (Lipinski definition) is 0. The molecule has 1 aromatic carbocycles. The number of aliphatic imine (C=N–C) groups is 1. The summed E-state index contributed by atoms with van der Waals surface area (Å²) < 4.78 is 0. The summed E-state index contributed by atoms with van der Waals surface area (Å²) in [7, 11) is 0. The van der Waals surface area contributed by atoms with Crippen molar-refractivity contribution in [2.45, 2.75) is 19.3 Å². The standard InChI is InChI=1S/C14H14N2S/c1-2-5-11-10(4-1)6-7-12-13(11)16-9-3-8-15-14(16)17-12/h1-2,4-5H,3,6-9H2. The van der Waals surface area contributed by atoms with E-state index in [0.717, 1.165) is 13.1 Å². The van der Waals surface area contributed by atoms with Crippen LogP contribution >= 0.6 is 11.8 Å². The summed E-state index contributed by atoms with van der Waals surface area (Å²) in [6, 6.07) is 8.83. The number of allylic oxidation sites excluding steroid dienone is 1. The Hall–Kier alpha value is -1.22. The first-order valence-corrected chi connectivity index (χ1v) is 7.06. The molecule has 0 fully saturated rings. The Morgan fingerprint density at radius 1 is 1.18 bits per heavy atom. The third-order valence-corrected chi connectivity index (χ3v) is 4.84. The molecule has 0 aromatic heterocycles. The minimum atomic E-state index is 1.00. The van der Waals surface area contributed by atoms with Gasteiger partial charge in [-0.25, -0.2) is 0 Å². The van der Waals surface area contributed by atoms with Crippen molar-refractivity contribution in [3.63, 3.8) is 0 Å². The SMILES string of the molecule is c1ccc2c(c1)CCC1=C2N2CCCN=C2S1. The maximum absolute atomic E-state index is 4.65. The number of thioether (sulfide) groups is 1. The molecule has 2 aliphatic heterocycles. The van der Waals surface area contributed by atoms with E-state index in [1.807, 2.05) is 11.8 Å². The quantitative estimate of drug-likeness (QED) is 0.694. The normalized spacial score (nSPS) is 21.9. The van der Waals surface area contributed by atoms with Gasteiger partial charge in [0.25, 0.3) is 0 Å². The molecule has 3 aliphatic rings. The van der Waals surface area contributed by atoms with E-state index in [0.29, 0.717) is 0 Å². The van der Waals surface area contributed by atoms with Gasteiger partial charge in [-0.3, -0.25) is 4.99 Å². The van der Waals surface area contributed by atoms with E-state index in [-0.39, 0.29) is 0 Å². The monoisotopic (exact) mass is 242 g/mol. The molecule has 3 heteroatoms. The fraction of sp³-hybridized carbons (Fsp3) is 0.357. The molecule has 0 saturated heterocycles. The Kier molecular flexibility index (Phi) is 2.09. The molecule has 0 N–H and O–H groups in total. The van der Waals surface area contributed by atoms with Gasteiger partial charge in [-0.05, 0) is 24.8 Å². The number of benzene rings is 1. The predicted octanol–water partition coefficient (Wildman–Crippen LogP) is 3.11. The highest BCUT2D eigenvalue weighted by atomic mass is 32.2. The summed E-state index contributed by atoms with van der Waals surface area (Å²) >= 11 is 1.90. The molecule has 0 bridgehead atoms. The van der Waals surface area contributed by atoms with Gasteiger partial charge in [-0.1, -0.05) is 36.0 Å². The molecule has 17 heavy (non-hydrogen) atoms. The van der Waals surface area contributed by atoms with Crippen LogP contribution in [0.2, 0.25) is 0 Å². The van der Waals surface area contributed by atoms with Crippen LogP contribution in [0.25, 0.3) is 5.70 Å². The van der Waals surface area contributed by atoms with Crippen molar-refractivity contribution < 1.29 is 0 Å². The first-order chi connectivity index (χ1) is 8.43. The third kappa shape index (κ3) is 1.38. The lowest BCUT2D eigenvalue weighted by Crippen LogP contribution is -2.29. The van der Waals surface area contributed by atoms with E-state index in [4.69, 9.17) is 0 Å². The second-order valence-corrected chi connectivity index (χ2v) is 5.76. The zero-order chi connectivity index (χ0) is 11.2. The van der Waals surface area contributed by atoms with Gasteiger partial charge in [0, 0.05) is 23.6 Å². The molecule has 4 rings (SSSR count). The van der Waals surface area contributed by atoms with E-state index in [1.165, 1.54) is 46.2 Å². The van der Waals surface area contributed by atoms with Crippen molar-refractivity contribution in [2.24, 2.45) is 4.99 Å². The van der Waals surface area contributed by atoms with Crippen LogP contribution in [0.4, 0.5) is 0 Å². The lowest BCUT2D eigenvalue weighted by molar-refractivity contribution is 0.538. The van der Waals surface area contributed by atoms with Crippen molar-refractivity contribution in [3.05, 3.63) is 40.3 Å². The van der Waals surface area contributed by atoms with Gasteiger partial charge in [0.15, 0.2) is 5.17 Å². The highest BCUT2D eigenvalue weighted by molar-refractivity contribution is 8.17. The van der Waals surface area contributed by atoms with Crippen LogP contribution in [0.3, 0.4) is 0 Å². The van der Waals surface area contributed by atoms with Crippen molar-refractivity contribution >= 4 is 22.6 Å². The van der Waals surface area contributed by atoms with Crippen molar-refractivity contribution in [3.8, 4) is 0 Å². The first-order valence-electron chi connectivity index (χ1n) is 6.25. The molecule has 0 atom stereocenters. The van der Waals surface area contributed by atoms with Crippen LogP contribution in [0, 0.1) is 0 Å². The smallest absolute Gasteiger partial charge is 0.168 e. The molecule has 2 nitrogen and oxygen atoms in total. The van der Waals surface area contributed by atoms with Gasteiger partial charge >= 0.3 is 0 Å². The predicted molar refractivity (Wildman–Crippen MR) is 72.9 cm³/mol. The zero-order valence-electron chi connectivity index (χ0n) is 9.65. The Labute approximate surface area is 105 Å². The molecular formula is C14H14N2S. The lowest BCUT2D eigenvalue weighted by Gasteiger charge is -2.27. The average molecular weight is 242 g/mol. The van der Waals surface area contributed by atoms with E-state index in [2.05, 4.69) is 34.2 Å². The molecule has 0 spiro atoms. The Morgan fingerprint density at radius 3 is 3.12 bits per heavy atom. The van der Waals surface area contributed by atoms with Gasteiger partial charge in [0.2, 0.25) is 0 Å². The number of aryl methyl sites for hydroxylation is 1. The van der Waals surface area contributed by atoms with Gasteiger partial charge in [-0.2, -0.15) is 0 Å². The van der Waals surface area contributed by atoms with E-state index in [9.17, 15) is 0 Å². The van der Waals surface area contributed by atoms with E-state index in [1.54, 1.807) is 0 Å². The minimum Gasteiger partial charge on any atom is -0.320 e. The van der Waals surface area contributed by atoms with Crippen LogP contribution in [0.15, 0.2) is 34.2 Å². The Balaban J connectivity index is 1.88. The number of fused-ring (bicyclic) bond motifs is 4. The van der Waals surface area contributed by atoms with Gasteiger partial charge in [-0.15, -0.1) is 0 Å². The van der Waals surface area contributed by atoms with Crippen LogP contribution < -0.4 is 0 Å². The van der Waals surface area contributed by atoms with Gasteiger partial charge in [0.1, 0.15) is 0 Å². The fourth-order valence-electron chi connectivity index (χ4n) is 2.87. The molecule has 1 aromatic rings. The van der Waals surface area contributed by atoms with Gasteiger partial charge < -0.3 is 4.90 Å². The van der Waals surface area contributed by atoms with Crippen molar-refractivity contribution in [2.75, 3.05) is 13.1 Å². The molecule has 0 saturated carbocycles. The Bertz CT molecular complexity index is 545. The first kappa shape index (κ1) is 9.77. The second-order valence-electron chi connectivity index (χ2n) is 4.70. The summed E-state index contributed by atoms with van der Waals surface area (Å²) in [6.45, 7) is 2.14. The summed E-state index contributed by atoms with van der Waals surface area (Å²) in [6.07, 6.45) is 3.55. The van der Waals surface area contributed by atoms with Crippen LogP contribution in [-0.4, -0.2) is 23.2 Å². The summed E-state index contributed by atoms with van der Waals surface area (Å²) in [4.78, 5) is 8.62. The topological polar surface area (TPSA) is 15.6 Å². The zero-order valence-corrected chi connectivity index (χ0v) is 10.5. The molecular weight excluding hydrogens is 228 g/mol. The summed E-state index contributed by atoms with van der Waals surface area (Å²) in [5, 5.41) is 1.23. The maximum atomic E-state index is 4.65. The highest BCUT2D eigenvalue weighted by Gasteiger charge is 2.34. The second kappa shape index (κ2) is 3.64. The average Bonchev–Trinajstić information content (AvgIpc) is 2.77. The maximum Gasteiger partial charge on any atom is 0.168 e. The van der Waals surface area contributed by atoms with Crippen molar-refractivity contribution in [1.29, 1.82) is 0 Å². The fourth-order valence-corrected chi connectivity index (χ4v) is 4.06. The molecule has 0 amide bonds. The number of nitrogens with zero attached hydrogens (tertiary/aromatic N) is 2. The highest BCUT2D eigenvalue weighted by Crippen LogP contribution is 2.46. The Morgan fingerprint density at radius 2 is 2.12 bits per heavy atom. The largest absolute Gasteiger partial charge is 0.320 e. The van der Waals surface area contributed by atoms with Crippen molar-refractivity contribution in [1.82, 2.24) is 4.90 Å². The molecule has 86 valence electrons. The molecule has 0 radical (unpaired) electrons. The number of amidine groups is 1. The summed E-state index contributed by atoms with van der Waals surface area (Å²) in [5.41, 5.74) is 4.39. The minimum absolute atomic E-state index is 1.00. The number of hydrogen-bond acceptors (Lipinski definition) is 3. The molecule has 0 unspecified atom stereocenters. The third-order valence-electron chi connectivity index (χ3n) is 3.66. The number of rotatable bonds is 0. The van der Waals surface area contributed by atoms with Crippen LogP contribution in [0.5, 0.6) is 0 Å². The van der Waals surface area contributed by atoms with Gasteiger partial charge in [0.05, 0.1) is 5.70 Å². The molecule has 1 aliphatic carbocycles. The molecule has 2 heterocycles. The van der Waals surface area contributed by atoms with E-state index >= 15 is 0 Å². The van der Waals surface area contributed by atoms with Crippen LogP contribution in [0.1, 0.15) is 24.0 Å². The van der Waals surface area contributed by atoms with E-state index < -0.39 is 0 Å².